The van der Waals surface area contributed by atoms with Gasteiger partial charge in [0.05, 0.1) is 7.11 Å². The van der Waals surface area contributed by atoms with Crippen molar-refractivity contribution in [3.8, 4) is 5.75 Å². The Morgan fingerprint density at radius 2 is 1.89 bits per heavy atom. The van der Waals surface area contributed by atoms with Gasteiger partial charge in [-0.3, -0.25) is 4.79 Å². The van der Waals surface area contributed by atoms with Crippen LogP contribution in [0.3, 0.4) is 0 Å². The molecule has 0 unspecified atom stereocenters. The number of amides is 1. The Morgan fingerprint density at radius 3 is 2.32 bits per heavy atom. The van der Waals surface area contributed by atoms with Gasteiger partial charge in [-0.2, -0.15) is 13.2 Å². The van der Waals surface area contributed by atoms with Crippen LogP contribution in [0.4, 0.5) is 13.2 Å². The molecule has 1 amide bonds. The normalized spacial score (nSPS) is 11.2. The van der Waals surface area contributed by atoms with Gasteiger partial charge in [0, 0.05) is 17.4 Å². The second kappa shape index (κ2) is 6.79. The molecule has 106 valence electrons. The topological polar surface area (TPSA) is 29.5 Å². The highest BCUT2D eigenvalue weighted by molar-refractivity contribution is 9.09. The van der Waals surface area contributed by atoms with E-state index in [1.165, 1.54) is 31.4 Å². The van der Waals surface area contributed by atoms with E-state index in [0.717, 1.165) is 4.90 Å². The number of ether oxygens (including phenoxy) is 1. The van der Waals surface area contributed by atoms with Crippen molar-refractivity contribution in [2.24, 2.45) is 0 Å². The number of nitrogens with zero attached hydrogens (tertiary/aromatic N) is 1. The molecule has 0 N–H and O–H groups in total. The molecule has 0 bridgehead atoms. The van der Waals surface area contributed by atoms with Crippen molar-refractivity contribution in [3.05, 3.63) is 29.8 Å². The Balaban J connectivity index is 2.85. The number of alkyl halides is 4. The van der Waals surface area contributed by atoms with E-state index in [9.17, 15) is 18.0 Å². The molecule has 0 spiro atoms. The van der Waals surface area contributed by atoms with Crippen LogP contribution in [-0.2, 0) is 0 Å². The van der Waals surface area contributed by atoms with E-state index in [0.29, 0.717) is 5.75 Å². The zero-order chi connectivity index (χ0) is 14.5. The van der Waals surface area contributed by atoms with Gasteiger partial charge in [0.25, 0.3) is 5.91 Å². The minimum Gasteiger partial charge on any atom is -0.497 e. The molecule has 1 aromatic carbocycles. The number of rotatable bonds is 5. The van der Waals surface area contributed by atoms with Crippen LogP contribution in [0, 0.1) is 0 Å². The summed E-state index contributed by atoms with van der Waals surface area (Å²) in [5.41, 5.74) is 0.200. The number of hydrogen-bond donors (Lipinski definition) is 0. The summed E-state index contributed by atoms with van der Waals surface area (Å²) in [4.78, 5) is 12.7. The lowest BCUT2D eigenvalue weighted by atomic mass is 10.2. The van der Waals surface area contributed by atoms with Crippen LogP contribution in [0.25, 0.3) is 0 Å². The lowest BCUT2D eigenvalue weighted by molar-refractivity contribution is -0.140. The fourth-order valence-corrected chi connectivity index (χ4v) is 1.92. The number of carbonyl (C=O) groups excluding carboxylic acids is 1. The van der Waals surface area contributed by atoms with Gasteiger partial charge in [0.1, 0.15) is 12.3 Å². The number of methoxy groups -OCH3 is 1. The van der Waals surface area contributed by atoms with Crippen molar-refractivity contribution in [3.63, 3.8) is 0 Å². The number of benzene rings is 1. The molecule has 0 aliphatic heterocycles. The van der Waals surface area contributed by atoms with Gasteiger partial charge in [-0.15, -0.1) is 0 Å². The molecular weight excluding hydrogens is 327 g/mol. The van der Waals surface area contributed by atoms with Crippen LogP contribution in [0.2, 0.25) is 0 Å². The summed E-state index contributed by atoms with van der Waals surface area (Å²) in [6, 6.07) is 5.96. The minimum atomic E-state index is -4.41. The van der Waals surface area contributed by atoms with Gasteiger partial charge in [0.2, 0.25) is 0 Å². The average molecular weight is 340 g/mol. The summed E-state index contributed by atoms with van der Waals surface area (Å²) < 4.78 is 42.1. The zero-order valence-electron chi connectivity index (χ0n) is 10.2. The highest BCUT2D eigenvalue weighted by Crippen LogP contribution is 2.19. The lowest BCUT2D eigenvalue weighted by Gasteiger charge is -2.23. The Labute approximate surface area is 117 Å². The summed E-state index contributed by atoms with van der Waals surface area (Å²) >= 11 is 3.04. The van der Waals surface area contributed by atoms with Crippen molar-refractivity contribution < 1.29 is 22.7 Å². The van der Waals surface area contributed by atoms with Gasteiger partial charge in [-0.05, 0) is 24.3 Å². The van der Waals surface area contributed by atoms with Crippen molar-refractivity contribution >= 4 is 21.8 Å². The van der Waals surface area contributed by atoms with E-state index in [-0.39, 0.29) is 17.4 Å². The van der Waals surface area contributed by atoms with Crippen LogP contribution >= 0.6 is 15.9 Å². The van der Waals surface area contributed by atoms with E-state index < -0.39 is 18.6 Å². The summed E-state index contributed by atoms with van der Waals surface area (Å²) in [6.07, 6.45) is -4.41. The van der Waals surface area contributed by atoms with Crippen LogP contribution in [0.15, 0.2) is 24.3 Å². The highest BCUT2D eigenvalue weighted by Gasteiger charge is 2.33. The SMILES string of the molecule is COc1ccc(C(=O)N(CCBr)CC(F)(F)F)cc1. The standard InChI is InChI=1S/C12H13BrF3NO2/c1-19-10-4-2-9(3-5-10)11(18)17(7-6-13)8-12(14,15)16/h2-5H,6-8H2,1H3. The molecule has 0 fully saturated rings. The average Bonchev–Trinajstić information content (AvgIpc) is 2.36. The second-order valence-corrected chi connectivity index (χ2v) is 4.55. The van der Waals surface area contributed by atoms with Crippen molar-refractivity contribution in [1.29, 1.82) is 0 Å². The van der Waals surface area contributed by atoms with Gasteiger partial charge < -0.3 is 9.64 Å². The van der Waals surface area contributed by atoms with E-state index >= 15 is 0 Å². The van der Waals surface area contributed by atoms with Crippen molar-refractivity contribution in [2.75, 3.05) is 25.5 Å². The van der Waals surface area contributed by atoms with Gasteiger partial charge in [-0.25, -0.2) is 0 Å². The smallest absolute Gasteiger partial charge is 0.406 e. The number of carbonyl (C=O) groups is 1. The first-order valence-electron chi connectivity index (χ1n) is 5.43. The zero-order valence-corrected chi connectivity index (χ0v) is 11.8. The third kappa shape index (κ3) is 5.10. The van der Waals surface area contributed by atoms with Crippen molar-refractivity contribution in [1.82, 2.24) is 4.90 Å². The molecular formula is C12H13BrF3NO2. The lowest BCUT2D eigenvalue weighted by Crippen LogP contribution is -2.40. The monoisotopic (exact) mass is 339 g/mol. The van der Waals surface area contributed by atoms with Crippen LogP contribution in [0.5, 0.6) is 5.75 Å². The van der Waals surface area contributed by atoms with E-state index in [1.807, 2.05) is 0 Å². The maximum atomic E-state index is 12.4. The van der Waals surface area contributed by atoms with Gasteiger partial charge in [0.15, 0.2) is 0 Å². The summed E-state index contributed by atoms with van der Waals surface area (Å²) in [7, 11) is 1.47. The van der Waals surface area contributed by atoms with Crippen LogP contribution < -0.4 is 4.74 Å². The molecule has 7 heteroatoms. The fourth-order valence-electron chi connectivity index (χ4n) is 1.49. The molecule has 0 saturated heterocycles. The molecule has 1 rings (SSSR count). The molecule has 0 aromatic heterocycles. The molecule has 0 heterocycles. The summed E-state index contributed by atoms with van der Waals surface area (Å²) in [5.74, 6) is -0.112. The molecule has 0 aliphatic carbocycles. The number of hydrogen-bond acceptors (Lipinski definition) is 2. The Bertz CT molecular complexity index is 420. The van der Waals surface area contributed by atoms with Gasteiger partial charge in [-0.1, -0.05) is 15.9 Å². The maximum Gasteiger partial charge on any atom is 0.406 e. The van der Waals surface area contributed by atoms with Crippen LogP contribution in [-0.4, -0.2) is 42.5 Å². The largest absolute Gasteiger partial charge is 0.497 e. The Hall–Kier alpha value is -1.24. The second-order valence-electron chi connectivity index (χ2n) is 3.76. The van der Waals surface area contributed by atoms with E-state index in [4.69, 9.17) is 4.74 Å². The predicted molar refractivity (Wildman–Crippen MR) is 68.7 cm³/mol. The van der Waals surface area contributed by atoms with E-state index in [2.05, 4.69) is 15.9 Å². The predicted octanol–water partition coefficient (Wildman–Crippen LogP) is 3.09. The molecule has 3 nitrogen and oxygen atoms in total. The molecule has 0 radical (unpaired) electrons. The van der Waals surface area contributed by atoms with Crippen molar-refractivity contribution in [2.45, 2.75) is 6.18 Å². The summed E-state index contributed by atoms with van der Waals surface area (Å²) in [6.45, 7) is -1.27. The first-order chi connectivity index (χ1) is 8.87. The highest BCUT2D eigenvalue weighted by atomic mass is 79.9. The molecule has 0 atom stereocenters. The first-order valence-corrected chi connectivity index (χ1v) is 6.55. The van der Waals surface area contributed by atoms with Crippen LogP contribution in [0.1, 0.15) is 10.4 Å². The maximum absolute atomic E-state index is 12.4. The van der Waals surface area contributed by atoms with E-state index in [1.54, 1.807) is 0 Å². The minimum absolute atomic E-state index is 0.00955. The molecule has 1 aromatic rings. The third-order valence-corrected chi connectivity index (χ3v) is 2.70. The molecule has 0 saturated carbocycles. The Kier molecular flexibility index (Phi) is 5.65. The van der Waals surface area contributed by atoms with Gasteiger partial charge >= 0.3 is 6.18 Å². The summed E-state index contributed by atoms with van der Waals surface area (Å²) in [5, 5.41) is 0.283. The first kappa shape index (κ1) is 15.8. The third-order valence-electron chi connectivity index (χ3n) is 2.35. The molecule has 19 heavy (non-hydrogen) atoms. The Morgan fingerprint density at radius 1 is 1.32 bits per heavy atom. The molecule has 0 aliphatic rings. The fraction of sp³-hybridized carbons (Fsp3) is 0.417. The number of halogens is 4. The quantitative estimate of drug-likeness (QED) is 0.771.